The normalized spacial score (nSPS) is 16.1. The van der Waals surface area contributed by atoms with Crippen molar-refractivity contribution in [3.05, 3.63) is 29.8 Å². The molecule has 1 amide bonds. The average Bonchev–Trinajstić information content (AvgIpc) is 2.47. The van der Waals surface area contributed by atoms with Crippen LogP contribution in [0.5, 0.6) is 5.75 Å². The lowest BCUT2D eigenvalue weighted by Gasteiger charge is -2.21. The van der Waals surface area contributed by atoms with Crippen LogP contribution in [-0.4, -0.2) is 26.1 Å². The molecule has 0 aliphatic carbocycles. The van der Waals surface area contributed by atoms with Gasteiger partial charge < -0.3 is 15.4 Å². The molecule has 2 N–H and O–H groups in total. The Morgan fingerprint density at radius 3 is 2.63 bits per heavy atom. The molecule has 1 saturated heterocycles. The fraction of sp³-hybridized carbons (Fsp3) is 0.533. The van der Waals surface area contributed by atoms with Gasteiger partial charge in [0.2, 0.25) is 5.91 Å². The van der Waals surface area contributed by atoms with Crippen molar-refractivity contribution >= 4 is 5.91 Å². The zero-order chi connectivity index (χ0) is 13.5. The maximum atomic E-state index is 11.9. The molecule has 0 saturated carbocycles. The van der Waals surface area contributed by atoms with Crippen LogP contribution in [-0.2, 0) is 11.3 Å². The van der Waals surface area contributed by atoms with E-state index in [1.54, 1.807) is 7.11 Å². The van der Waals surface area contributed by atoms with E-state index in [2.05, 4.69) is 10.6 Å². The molecule has 1 aromatic rings. The number of amides is 1. The van der Waals surface area contributed by atoms with Gasteiger partial charge in [-0.25, -0.2) is 0 Å². The molecule has 0 atom stereocenters. The summed E-state index contributed by atoms with van der Waals surface area (Å²) in [4.78, 5) is 11.9. The molecule has 1 fully saturated rings. The Balaban J connectivity index is 1.72. The lowest BCUT2D eigenvalue weighted by atomic mass is 9.94. The summed E-state index contributed by atoms with van der Waals surface area (Å²) in [6.45, 7) is 2.67. The van der Waals surface area contributed by atoms with Crippen LogP contribution >= 0.6 is 0 Å². The number of carbonyl (C=O) groups excluding carboxylic acids is 1. The third-order valence-electron chi connectivity index (χ3n) is 3.58. The molecule has 4 heteroatoms. The number of hydrogen-bond donors (Lipinski definition) is 2. The first-order valence-electron chi connectivity index (χ1n) is 6.88. The lowest BCUT2D eigenvalue weighted by molar-refractivity contribution is -0.122. The molecule has 0 unspecified atom stereocenters. The Bertz CT molecular complexity index is 397. The van der Waals surface area contributed by atoms with Crippen LogP contribution in [0, 0.1) is 5.92 Å². The largest absolute Gasteiger partial charge is 0.497 e. The van der Waals surface area contributed by atoms with Gasteiger partial charge in [-0.05, 0) is 49.5 Å². The Labute approximate surface area is 114 Å². The van der Waals surface area contributed by atoms with Crippen molar-refractivity contribution in [3.8, 4) is 5.75 Å². The van der Waals surface area contributed by atoms with Gasteiger partial charge in [0.1, 0.15) is 5.75 Å². The smallest absolute Gasteiger partial charge is 0.220 e. The van der Waals surface area contributed by atoms with Crippen LogP contribution < -0.4 is 15.4 Å². The van der Waals surface area contributed by atoms with Gasteiger partial charge in [-0.3, -0.25) is 4.79 Å². The summed E-state index contributed by atoms with van der Waals surface area (Å²) < 4.78 is 5.10. The number of methoxy groups -OCH3 is 1. The number of ether oxygens (including phenoxy) is 1. The minimum atomic E-state index is 0.155. The van der Waals surface area contributed by atoms with E-state index in [4.69, 9.17) is 4.74 Å². The molecule has 104 valence electrons. The minimum Gasteiger partial charge on any atom is -0.497 e. The number of nitrogens with one attached hydrogen (secondary N) is 2. The molecule has 0 bridgehead atoms. The maximum Gasteiger partial charge on any atom is 0.220 e. The van der Waals surface area contributed by atoms with Crippen molar-refractivity contribution in [3.63, 3.8) is 0 Å². The molecule has 1 aliphatic heterocycles. The predicted molar refractivity (Wildman–Crippen MR) is 75.1 cm³/mol. The van der Waals surface area contributed by atoms with Gasteiger partial charge in [0, 0.05) is 13.0 Å². The van der Waals surface area contributed by atoms with Crippen LogP contribution in [0.4, 0.5) is 0 Å². The second-order valence-corrected chi connectivity index (χ2v) is 5.02. The fourth-order valence-electron chi connectivity index (χ4n) is 2.36. The highest BCUT2D eigenvalue weighted by atomic mass is 16.5. The Hall–Kier alpha value is -1.55. The summed E-state index contributed by atoms with van der Waals surface area (Å²) in [5.41, 5.74) is 1.10. The van der Waals surface area contributed by atoms with Gasteiger partial charge in [-0.15, -0.1) is 0 Å². The Morgan fingerprint density at radius 1 is 1.32 bits per heavy atom. The van der Waals surface area contributed by atoms with E-state index >= 15 is 0 Å². The third-order valence-corrected chi connectivity index (χ3v) is 3.58. The van der Waals surface area contributed by atoms with Gasteiger partial charge >= 0.3 is 0 Å². The van der Waals surface area contributed by atoms with Crippen molar-refractivity contribution in [2.45, 2.75) is 25.8 Å². The van der Waals surface area contributed by atoms with E-state index in [1.165, 1.54) is 0 Å². The van der Waals surface area contributed by atoms with Gasteiger partial charge in [0.15, 0.2) is 0 Å². The second-order valence-electron chi connectivity index (χ2n) is 5.02. The molecular weight excluding hydrogens is 240 g/mol. The van der Waals surface area contributed by atoms with Crippen LogP contribution in [0.15, 0.2) is 24.3 Å². The Kier molecular flexibility index (Phi) is 5.21. The van der Waals surface area contributed by atoms with E-state index < -0.39 is 0 Å². The van der Waals surface area contributed by atoms with E-state index in [9.17, 15) is 4.79 Å². The molecule has 0 radical (unpaired) electrons. The molecular formula is C15H22N2O2. The number of benzene rings is 1. The van der Waals surface area contributed by atoms with Crippen LogP contribution in [0.1, 0.15) is 24.8 Å². The van der Waals surface area contributed by atoms with Crippen molar-refractivity contribution in [2.75, 3.05) is 20.2 Å². The summed E-state index contributed by atoms with van der Waals surface area (Å²) in [6, 6.07) is 7.77. The van der Waals surface area contributed by atoms with Crippen LogP contribution in [0.2, 0.25) is 0 Å². The van der Waals surface area contributed by atoms with Gasteiger partial charge in [-0.2, -0.15) is 0 Å². The Morgan fingerprint density at radius 2 is 2.00 bits per heavy atom. The monoisotopic (exact) mass is 262 g/mol. The van der Waals surface area contributed by atoms with Crippen molar-refractivity contribution in [1.29, 1.82) is 0 Å². The average molecular weight is 262 g/mol. The van der Waals surface area contributed by atoms with Crippen molar-refractivity contribution in [1.82, 2.24) is 10.6 Å². The molecule has 1 aromatic carbocycles. The molecule has 19 heavy (non-hydrogen) atoms. The number of rotatable bonds is 5. The van der Waals surface area contributed by atoms with E-state index in [-0.39, 0.29) is 5.91 Å². The summed E-state index contributed by atoms with van der Waals surface area (Å²) in [6.07, 6.45) is 2.86. The molecule has 2 rings (SSSR count). The number of piperidine rings is 1. The molecule has 1 heterocycles. The molecule has 0 spiro atoms. The first kappa shape index (κ1) is 13.9. The first-order chi connectivity index (χ1) is 9.28. The van der Waals surface area contributed by atoms with Crippen LogP contribution in [0.25, 0.3) is 0 Å². The van der Waals surface area contributed by atoms with Crippen molar-refractivity contribution < 1.29 is 9.53 Å². The molecule has 1 aliphatic rings. The summed E-state index contributed by atoms with van der Waals surface area (Å²) in [5.74, 6) is 1.53. The predicted octanol–water partition coefficient (Wildman–Crippen LogP) is 1.70. The summed E-state index contributed by atoms with van der Waals surface area (Å²) in [7, 11) is 1.65. The number of carbonyl (C=O) groups is 1. The van der Waals surface area contributed by atoms with Gasteiger partial charge in [-0.1, -0.05) is 12.1 Å². The highest BCUT2D eigenvalue weighted by Crippen LogP contribution is 2.16. The van der Waals surface area contributed by atoms with E-state index in [1.807, 2.05) is 24.3 Å². The summed E-state index contributed by atoms with van der Waals surface area (Å²) in [5, 5.41) is 6.30. The quantitative estimate of drug-likeness (QED) is 0.849. The first-order valence-corrected chi connectivity index (χ1v) is 6.88. The number of hydrogen-bond acceptors (Lipinski definition) is 3. The van der Waals surface area contributed by atoms with E-state index in [0.717, 1.165) is 37.2 Å². The second kappa shape index (κ2) is 7.14. The maximum absolute atomic E-state index is 11.9. The van der Waals surface area contributed by atoms with Crippen molar-refractivity contribution in [2.24, 2.45) is 5.92 Å². The fourth-order valence-corrected chi connectivity index (χ4v) is 2.36. The third kappa shape index (κ3) is 4.56. The SMILES string of the molecule is COc1ccc(CNC(=O)CC2CCNCC2)cc1. The van der Waals surface area contributed by atoms with Gasteiger partial charge in [0.05, 0.1) is 7.11 Å². The highest BCUT2D eigenvalue weighted by molar-refractivity contribution is 5.76. The lowest BCUT2D eigenvalue weighted by Crippen LogP contribution is -2.32. The minimum absolute atomic E-state index is 0.155. The van der Waals surface area contributed by atoms with E-state index in [0.29, 0.717) is 18.9 Å². The highest BCUT2D eigenvalue weighted by Gasteiger charge is 2.16. The zero-order valence-corrected chi connectivity index (χ0v) is 11.4. The molecule has 4 nitrogen and oxygen atoms in total. The molecule has 0 aromatic heterocycles. The topological polar surface area (TPSA) is 50.4 Å². The summed E-state index contributed by atoms with van der Waals surface area (Å²) >= 11 is 0. The van der Waals surface area contributed by atoms with Crippen LogP contribution in [0.3, 0.4) is 0 Å². The van der Waals surface area contributed by atoms with Gasteiger partial charge in [0.25, 0.3) is 0 Å². The zero-order valence-electron chi connectivity index (χ0n) is 11.4. The standard InChI is InChI=1S/C15H22N2O2/c1-19-14-4-2-13(3-5-14)11-17-15(18)10-12-6-8-16-9-7-12/h2-5,12,16H,6-11H2,1H3,(H,17,18).